The molecule has 1 aromatic rings. The molecule has 0 bridgehead atoms. The molecule has 0 aromatic heterocycles. The number of carboxylic acids is 1. The van der Waals surface area contributed by atoms with Gasteiger partial charge in [0.15, 0.2) is 5.96 Å². The molecule has 0 spiro atoms. The van der Waals surface area contributed by atoms with Gasteiger partial charge in [-0.3, -0.25) is 4.79 Å². The molecule has 1 rings (SSSR count). The third-order valence-electron chi connectivity index (χ3n) is 2.10. The molecular weight excluding hydrogens is 206 g/mol. The third kappa shape index (κ3) is 3.61. The summed E-state index contributed by atoms with van der Waals surface area (Å²) in [4.78, 5) is 14.6. The van der Waals surface area contributed by atoms with Gasteiger partial charge in [-0.1, -0.05) is 29.8 Å². The fraction of sp³-hybridized carbons (Fsp3) is 0.273. The largest absolute Gasteiger partial charge is 0.481 e. The molecule has 5 nitrogen and oxygen atoms in total. The number of rotatable bonds is 4. The van der Waals surface area contributed by atoms with Crippen molar-refractivity contribution in [3.8, 4) is 0 Å². The van der Waals surface area contributed by atoms with Crippen LogP contribution in [0.2, 0.25) is 0 Å². The fourth-order valence-electron chi connectivity index (χ4n) is 1.46. The van der Waals surface area contributed by atoms with Gasteiger partial charge >= 0.3 is 5.97 Å². The van der Waals surface area contributed by atoms with E-state index >= 15 is 0 Å². The first kappa shape index (κ1) is 12.0. The monoisotopic (exact) mass is 221 g/mol. The van der Waals surface area contributed by atoms with Gasteiger partial charge in [0, 0.05) is 0 Å². The summed E-state index contributed by atoms with van der Waals surface area (Å²) in [5.41, 5.74) is 12.4. The lowest BCUT2D eigenvalue weighted by Gasteiger charge is -2.11. The minimum atomic E-state index is -0.934. The van der Waals surface area contributed by atoms with Gasteiger partial charge in [0.2, 0.25) is 0 Å². The number of nitrogens with two attached hydrogens (primary N) is 2. The third-order valence-corrected chi connectivity index (χ3v) is 2.10. The molecule has 1 aromatic carbocycles. The van der Waals surface area contributed by atoms with E-state index in [1.807, 2.05) is 31.2 Å². The second-order valence-electron chi connectivity index (χ2n) is 3.58. The highest BCUT2D eigenvalue weighted by Crippen LogP contribution is 2.21. The molecule has 0 radical (unpaired) electrons. The Hall–Kier alpha value is -2.04. The smallest absolute Gasteiger partial charge is 0.305 e. The molecular formula is C11H15N3O2. The van der Waals surface area contributed by atoms with E-state index in [1.165, 1.54) is 0 Å². The van der Waals surface area contributed by atoms with Crippen molar-refractivity contribution in [2.24, 2.45) is 16.5 Å². The molecule has 0 saturated carbocycles. The van der Waals surface area contributed by atoms with Crippen LogP contribution in [0.4, 0.5) is 0 Å². The number of aryl methyl sites for hydroxylation is 1. The van der Waals surface area contributed by atoms with Crippen molar-refractivity contribution in [1.29, 1.82) is 0 Å². The summed E-state index contributed by atoms with van der Waals surface area (Å²) in [6.07, 6.45) is -0.124. The maximum Gasteiger partial charge on any atom is 0.305 e. The molecule has 16 heavy (non-hydrogen) atoms. The summed E-state index contributed by atoms with van der Waals surface area (Å²) in [6, 6.07) is 6.94. The predicted molar refractivity (Wildman–Crippen MR) is 62.0 cm³/mol. The maximum atomic E-state index is 10.7. The van der Waals surface area contributed by atoms with Crippen molar-refractivity contribution in [2.45, 2.75) is 19.4 Å². The lowest BCUT2D eigenvalue weighted by Crippen LogP contribution is -2.24. The van der Waals surface area contributed by atoms with Crippen LogP contribution in [0.1, 0.15) is 23.6 Å². The van der Waals surface area contributed by atoms with Crippen molar-refractivity contribution in [3.05, 3.63) is 35.4 Å². The van der Waals surface area contributed by atoms with Crippen LogP contribution in [-0.2, 0) is 4.79 Å². The van der Waals surface area contributed by atoms with Gasteiger partial charge in [-0.25, -0.2) is 4.99 Å². The van der Waals surface area contributed by atoms with E-state index in [0.717, 1.165) is 11.1 Å². The molecule has 0 aliphatic carbocycles. The van der Waals surface area contributed by atoms with E-state index in [4.69, 9.17) is 16.6 Å². The molecule has 0 heterocycles. The zero-order valence-corrected chi connectivity index (χ0v) is 9.05. The highest BCUT2D eigenvalue weighted by molar-refractivity contribution is 5.77. The first-order chi connectivity index (χ1) is 7.49. The van der Waals surface area contributed by atoms with Gasteiger partial charge in [0.1, 0.15) is 0 Å². The Morgan fingerprint density at radius 1 is 1.50 bits per heavy atom. The number of aliphatic imine (C=N–C) groups is 1. The molecule has 0 saturated heterocycles. The molecule has 1 unspecified atom stereocenters. The lowest BCUT2D eigenvalue weighted by atomic mass is 10.0. The van der Waals surface area contributed by atoms with Crippen LogP contribution in [-0.4, -0.2) is 17.0 Å². The van der Waals surface area contributed by atoms with Gasteiger partial charge in [-0.05, 0) is 12.5 Å². The second kappa shape index (κ2) is 5.16. The van der Waals surface area contributed by atoms with Crippen molar-refractivity contribution < 1.29 is 9.90 Å². The van der Waals surface area contributed by atoms with Crippen molar-refractivity contribution in [3.63, 3.8) is 0 Å². The van der Waals surface area contributed by atoms with E-state index in [0.29, 0.717) is 0 Å². The molecule has 0 aliphatic heterocycles. The van der Waals surface area contributed by atoms with Crippen molar-refractivity contribution in [2.75, 3.05) is 0 Å². The number of benzene rings is 1. The molecule has 1 atom stereocenters. The van der Waals surface area contributed by atoms with E-state index in [2.05, 4.69) is 4.99 Å². The zero-order valence-electron chi connectivity index (χ0n) is 9.05. The average molecular weight is 221 g/mol. The molecule has 0 fully saturated rings. The summed E-state index contributed by atoms with van der Waals surface area (Å²) in [5, 5.41) is 8.78. The van der Waals surface area contributed by atoms with Gasteiger partial charge < -0.3 is 16.6 Å². The normalized spacial score (nSPS) is 11.8. The number of nitrogens with zero attached hydrogens (tertiary/aromatic N) is 1. The summed E-state index contributed by atoms with van der Waals surface area (Å²) >= 11 is 0. The van der Waals surface area contributed by atoms with Crippen LogP contribution in [0.3, 0.4) is 0 Å². The topological polar surface area (TPSA) is 102 Å². The Labute approximate surface area is 93.8 Å². The highest BCUT2D eigenvalue weighted by atomic mass is 16.4. The number of guanidine groups is 1. The predicted octanol–water partition coefficient (Wildman–Crippen LogP) is 0.784. The first-order valence-corrected chi connectivity index (χ1v) is 4.86. The average Bonchev–Trinajstić information content (AvgIpc) is 2.15. The van der Waals surface area contributed by atoms with Crippen LogP contribution in [0.5, 0.6) is 0 Å². The summed E-state index contributed by atoms with van der Waals surface area (Å²) in [6.45, 7) is 1.93. The SMILES string of the molecule is Cc1cccc(C(CC(=O)O)N=C(N)N)c1. The van der Waals surface area contributed by atoms with Gasteiger partial charge in [0.05, 0.1) is 12.5 Å². The summed E-state index contributed by atoms with van der Waals surface area (Å²) in [7, 11) is 0. The zero-order chi connectivity index (χ0) is 12.1. The number of carbonyl (C=O) groups is 1. The number of carboxylic acid groups (broad SMARTS) is 1. The standard InChI is InChI=1S/C11H15N3O2/c1-7-3-2-4-8(5-7)9(6-10(15)16)14-11(12)13/h2-5,9H,6H2,1H3,(H,15,16)(H4,12,13,14). The first-order valence-electron chi connectivity index (χ1n) is 4.86. The van der Waals surface area contributed by atoms with E-state index in [-0.39, 0.29) is 12.4 Å². The molecule has 0 aliphatic rings. The summed E-state index contributed by atoms with van der Waals surface area (Å²) in [5.74, 6) is -1.04. The van der Waals surface area contributed by atoms with Crippen molar-refractivity contribution in [1.82, 2.24) is 0 Å². The number of aliphatic carboxylic acids is 1. The Morgan fingerprint density at radius 2 is 2.19 bits per heavy atom. The van der Waals surface area contributed by atoms with E-state index in [1.54, 1.807) is 0 Å². The van der Waals surface area contributed by atoms with Crippen LogP contribution in [0.25, 0.3) is 0 Å². The molecule has 5 heteroatoms. The minimum Gasteiger partial charge on any atom is -0.481 e. The van der Waals surface area contributed by atoms with E-state index < -0.39 is 12.0 Å². The fourth-order valence-corrected chi connectivity index (χ4v) is 1.46. The van der Waals surface area contributed by atoms with Crippen molar-refractivity contribution >= 4 is 11.9 Å². The lowest BCUT2D eigenvalue weighted by molar-refractivity contribution is -0.137. The molecule has 86 valence electrons. The minimum absolute atomic E-state index is 0.104. The quantitative estimate of drug-likeness (QED) is 0.516. The summed E-state index contributed by atoms with van der Waals surface area (Å²) < 4.78 is 0. The van der Waals surface area contributed by atoms with Gasteiger partial charge in [0.25, 0.3) is 0 Å². The molecule has 5 N–H and O–H groups in total. The Morgan fingerprint density at radius 3 is 2.69 bits per heavy atom. The maximum absolute atomic E-state index is 10.7. The number of hydrogen-bond acceptors (Lipinski definition) is 2. The Bertz CT molecular complexity index is 411. The Balaban J connectivity index is 3.00. The number of hydrogen-bond donors (Lipinski definition) is 3. The van der Waals surface area contributed by atoms with Crippen LogP contribution in [0, 0.1) is 6.92 Å². The van der Waals surface area contributed by atoms with Gasteiger partial charge in [-0.15, -0.1) is 0 Å². The van der Waals surface area contributed by atoms with E-state index in [9.17, 15) is 4.79 Å². The van der Waals surface area contributed by atoms with Gasteiger partial charge in [-0.2, -0.15) is 0 Å². The van der Waals surface area contributed by atoms with Crippen LogP contribution >= 0.6 is 0 Å². The Kier molecular flexibility index (Phi) is 3.88. The molecule has 0 amide bonds. The highest BCUT2D eigenvalue weighted by Gasteiger charge is 2.14. The van der Waals surface area contributed by atoms with Crippen LogP contribution < -0.4 is 11.5 Å². The van der Waals surface area contributed by atoms with Crippen LogP contribution in [0.15, 0.2) is 29.3 Å². The second-order valence-corrected chi connectivity index (χ2v) is 3.58.